The van der Waals surface area contributed by atoms with Crippen molar-refractivity contribution in [2.45, 2.75) is 59.7 Å². The Balaban J connectivity index is 0.000000366. The molecule has 7 rings (SSSR count). The Morgan fingerprint density at radius 3 is 2.13 bits per heavy atom. The molecule has 4 aliphatic carbocycles. The van der Waals surface area contributed by atoms with Crippen LogP contribution in [0, 0.1) is 11.8 Å². The summed E-state index contributed by atoms with van der Waals surface area (Å²) in [6.45, 7) is 0. The first kappa shape index (κ1) is 27.1. The first-order chi connectivity index (χ1) is 18.0. The lowest BCUT2D eigenvalue weighted by Gasteiger charge is -2.61. The van der Waals surface area contributed by atoms with Crippen molar-refractivity contribution >= 4 is 39.5 Å². The zero-order valence-corrected chi connectivity index (χ0v) is 22.7. The number of carbonyl (C=O) groups is 1. The molecule has 4 bridgehead atoms. The lowest BCUT2D eigenvalue weighted by molar-refractivity contribution is -0.160. The van der Waals surface area contributed by atoms with E-state index in [2.05, 4.69) is 29.5 Å². The second-order valence-electron chi connectivity index (χ2n) is 10.8. The van der Waals surface area contributed by atoms with Gasteiger partial charge >= 0.3 is 21.3 Å². The third-order valence-electron chi connectivity index (χ3n) is 8.15. The second kappa shape index (κ2) is 9.92. The number of benzene rings is 3. The van der Waals surface area contributed by atoms with E-state index in [4.69, 9.17) is 4.18 Å². The van der Waals surface area contributed by atoms with E-state index < -0.39 is 26.9 Å². The molecule has 9 heteroatoms. The summed E-state index contributed by atoms with van der Waals surface area (Å²) in [6, 6.07) is 23.9. The summed E-state index contributed by atoms with van der Waals surface area (Å²) in [7, 11) is -4.76. The third-order valence-corrected chi connectivity index (χ3v) is 9.81. The highest BCUT2D eigenvalue weighted by molar-refractivity contribution is 7.88. The molecule has 0 aromatic heterocycles. The van der Waals surface area contributed by atoms with Crippen LogP contribution >= 0.6 is 12.6 Å². The summed E-state index contributed by atoms with van der Waals surface area (Å²) in [5.41, 5.74) is -0.428. The normalized spacial score (nSPS) is 28.0. The molecule has 3 aromatic carbocycles. The lowest BCUT2D eigenvalue weighted by atomic mass is 9.46. The van der Waals surface area contributed by atoms with Crippen LogP contribution in [0.1, 0.15) is 44.1 Å². The van der Waals surface area contributed by atoms with E-state index in [1.807, 2.05) is 60.7 Å². The fraction of sp³-hybridized carbons (Fsp3) is 0.414. The number of halogens is 2. The molecule has 0 radical (unpaired) electrons. The number of thiol groups is 1. The number of esters is 1. The monoisotopic (exact) mass is 560 g/mol. The van der Waals surface area contributed by atoms with Crippen molar-refractivity contribution in [3.63, 3.8) is 0 Å². The molecule has 38 heavy (non-hydrogen) atoms. The highest BCUT2D eigenvalue weighted by Crippen LogP contribution is 2.64. The van der Waals surface area contributed by atoms with Crippen molar-refractivity contribution in [1.82, 2.24) is 0 Å². The summed E-state index contributed by atoms with van der Waals surface area (Å²) in [6.07, 6.45) is 3.88. The standard InChI is InChI=1S/C23H24F2O5S.C6H6S/c1-29-20(26)23(24,25)31(27,28)30-22-12-15-9-16(13-22)11-21(10-15,14-22)19-8-4-6-17-5-2-3-7-18(17)19;7-6-4-2-1-3-5-6/h2-8,15-16H,9-14H2,1H3;1-5,7H. The van der Waals surface area contributed by atoms with Gasteiger partial charge in [0.05, 0.1) is 12.7 Å². The minimum absolute atomic E-state index is 0.196. The van der Waals surface area contributed by atoms with Gasteiger partial charge in [0.2, 0.25) is 0 Å². The molecular weight excluding hydrogens is 530 g/mol. The number of hydrogen-bond donors (Lipinski definition) is 1. The minimum atomic E-state index is -5.49. The lowest BCUT2D eigenvalue weighted by Crippen LogP contribution is -2.60. The van der Waals surface area contributed by atoms with Crippen molar-refractivity contribution in [3.8, 4) is 0 Å². The Kier molecular flexibility index (Phi) is 7.07. The van der Waals surface area contributed by atoms with Crippen LogP contribution in [0.2, 0.25) is 0 Å². The predicted molar refractivity (Wildman–Crippen MR) is 144 cm³/mol. The van der Waals surface area contributed by atoms with E-state index in [0.717, 1.165) is 47.6 Å². The molecular formula is C29H30F2O5S2. The van der Waals surface area contributed by atoms with Gasteiger partial charge in [-0.15, -0.1) is 12.6 Å². The molecule has 0 aliphatic heterocycles. The summed E-state index contributed by atoms with van der Waals surface area (Å²) >= 11 is 4.08. The zero-order chi connectivity index (χ0) is 27.2. The third kappa shape index (κ3) is 4.84. The maximum absolute atomic E-state index is 14.3. The molecule has 0 amide bonds. The van der Waals surface area contributed by atoms with E-state index >= 15 is 0 Å². The Labute approximate surface area is 227 Å². The van der Waals surface area contributed by atoms with Gasteiger partial charge < -0.3 is 4.74 Å². The fourth-order valence-electron chi connectivity index (χ4n) is 7.21. The van der Waals surface area contributed by atoms with E-state index in [0.29, 0.717) is 19.3 Å². The molecule has 3 aromatic rings. The summed E-state index contributed by atoms with van der Waals surface area (Å²) < 4.78 is 63.0. The average molecular weight is 561 g/mol. The van der Waals surface area contributed by atoms with Crippen LogP contribution in [0.4, 0.5) is 8.78 Å². The first-order valence-electron chi connectivity index (χ1n) is 12.6. The molecule has 5 nitrogen and oxygen atoms in total. The number of methoxy groups -OCH3 is 1. The van der Waals surface area contributed by atoms with Crippen molar-refractivity contribution in [2.75, 3.05) is 7.11 Å². The van der Waals surface area contributed by atoms with Gasteiger partial charge in [0.25, 0.3) is 0 Å². The summed E-state index contributed by atoms with van der Waals surface area (Å²) in [5.74, 6) is -1.73. The van der Waals surface area contributed by atoms with Gasteiger partial charge in [-0.05, 0) is 84.2 Å². The van der Waals surface area contributed by atoms with Crippen LogP contribution in [0.15, 0.2) is 77.7 Å². The van der Waals surface area contributed by atoms with E-state index in [1.165, 1.54) is 0 Å². The minimum Gasteiger partial charge on any atom is -0.464 e. The van der Waals surface area contributed by atoms with Crippen LogP contribution < -0.4 is 0 Å². The Hall–Kier alpha value is -2.49. The van der Waals surface area contributed by atoms with Gasteiger partial charge in [-0.25, -0.2) is 4.79 Å². The molecule has 4 saturated carbocycles. The smallest absolute Gasteiger partial charge is 0.464 e. The van der Waals surface area contributed by atoms with Crippen LogP contribution in [0.25, 0.3) is 10.8 Å². The Morgan fingerprint density at radius 2 is 1.53 bits per heavy atom. The number of hydrogen-bond acceptors (Lipinski definition) is 6. The van der Waals surface area contributed by atoms with Crippen molar-refractivity contribution < 1.29 is 30.9 Å². The Bertz CT molecular complexity index is 1420. The summed E-state index contributed by atoms with van der Waals surface area (Å²) in [5, 5.41) is -2.54. The second-order valence-corrected chi connectivity index (χ2v) is 12.9. The highest BCUT2D eigenvalue weighted by Gasteiger charge is 2.64. The number of rotatable bonds is 5. The number of ether oxygens (including phenoxy) is 1. The quantitative estimate of drug-likeness (QED) is 0.219. The molecule has 202 valence electrons. The van der Waals surface area contributed by atoms with Crippen LogP contribution in [-0.2, 0) is 29.2 Å². The van der Waals surface area contributed by atoms with Gasteiger partial charge in [0.1, 0.15) is 0 Å². The molecule has 4 aliphatic rings. The van der Waals surface area contributed by atoms with Gasteiger partial charge in [0, 0.05) is 4.90 Å². The molecule has 0 heterocycles. The molecule has 0 saturated heterocycles. The maximum Gasteiger partial charge on any atom is 0.466 e. The Morgan fingerprint density at radius 1 is 0.921 bits per heavy atom. The van der Waals surface area contributed by atoms with Crippen molar-refractivity contribution in [1.29, 1.82) is 0 Å². The van der Waals surface area contributed by atoms with Gasteiger partial charge in [-0.2, -0.15) is 17.2 Å². The largest absolute Gasteiger partial charge is 0.466 e. The van der Waals surface area contributed by atoms with Crippen molar-refractivity contribution in [3.05, 3.63) is 78.4 Å². The molecule has 2 unspecified atom stereocenters. The fourth-order valence-corrected chi connectivity index (χ4v) is 8.44. The van der Waals surface area contributed by atoms with Gasteiger partial charge in [-0.3, -0.25) is 4.18 Å². The van der Waals surface area contributed by atoms with Gasteiger partial charge in [-0.1, -0.05) is 60.7 Å². The predicted octanol–water partition coefficient (Wildman–Crippen LogP) is 6.52. The molecule has 2 atom stereocenters. The zero-order valence-electron chi connectivity index (χ0n) is 21.0. The van der Waals surface area contributed by atoms with E-state index in [1.54, 1.807) is 0 Å². The molecule has 0 N–H and O–H groups in total. The van der Waals surface area contributed by atoms with Crippen LogP contribution in [0.5, 0.6) is 0 Å². The van der Waals surface area contributed by atoms with E-state index in [-0.39, 0.29) is 17.3 Å². The number of alkyl halides is 2. The topological polar surface area (TPSA) is 69.7 Å². The SMILES string of the molecule is COC(=O)C(F)(F)S(=O)(=O)OC12CC3CC(C1)CC(c1cccc4ccccc14)(C3)C2.Sc1ccccc1. The molecule has 0 spiro atoms. The van der Waals surface area contributed by atoms with Crippen LogP contribution in [0.3, 0.4) is 0 Å². The maximum atomic E-state index is 14.3. The molecule has 4 fully saturated rings. The van der Waals surface area contributed by atoms with Crippen LogP contribution in [-0.4, -0.2) is 32.4 Å². The number of fused-ring (bicyclic) bond motifs is 1. The van der Waals surface area contributed by atoms with Gasteiger partial charge in [0.15, 0.2) is 0 Å². The summed E-state index contributed by atoms with van der Waals surface area (Å²) in [4.78, 5) is 12.5. The first-order valence-corrected chi connectivity index (χ1v) is 14.5. The van der Waals surface area contributed by atoms with E-state index in [9.17, 15) is 22.0 Å². The number of carbonyl (C=O) groups excluding carboxylic acids is 1. The highest BCUT2D eigenvalue weighted by atomic mass is 32.2. The average Bonchev–Trinajstić information content (AvgIpc) is 2.87. The van der Waals surface area contributed by atoms with Crippen molar-refractivity contribution in [2.24, 2.45) is 11.8 Å².